The Morgan fingerprint density at radius 3 is 2.46 bits per heavy atom. The van der Waals surface area contributed by atoms with Crippen LogP contribution in [0.4, 0.5) is 4.39 Å². The molecule has 2 aromatic carbocycles. The number of hydrogen-bond donors (Lipinski definition) is 2. The minimum Gasteiger partial charge on any atom is -0.481 e. The second-order valence-electron chi connectivity index (χ2n) is 6.75. The molecule has 1 saturated heterocycles. The van der Waals surface area contributed by atoms with Crippen molar-refractivity contribution in [3.05, 3.63) is 65.5 Å². The Bertz CT molecular complexity index is 729. The summed E-state index contributed by atoms with van der Waals surface area (Å²) in [6, 6.07) is 14.3. The number of halogens is 1. The van der Waals surface area contributed by atoms with Crippen molar-refractivity contribution in [3.63, 3.8) is 0 Å². The molecule has 1 fully saturated rings. The van der Waals surface area contributed by atoms with Crippen molar-refractivity contribution in [2.45, 2.75) is 32.4 Å². The number of carbonyl (C=O) groups is 1. The Morgan fingerprint density at radius 2 is 1.69 bits per heavy atom. The average molecular weight is 357 g/mol. The largest absolute Gasteiger partial charge is 0.481 e. The van der Waals surface area contributed by atoms with E-state index in [0.717, 1.165) is 12.1 Å². The van der Waals surface area contributed by atoms with Crippen molar-refractivity contribution < 1.29 is 18.8 Å². The molecule has 0 bridgehead atoms. The van der Waals surface area contributed by atoms with Crippen LogP contribution >= 0.6 is 0 Å². The van der Waals surface area contributed by atoms with Crippen LogP contribution in [0.25, 0.3) is 0 Å². The van der Waals surface area contributed by atoms with Gasteiger partial charge in [-0.15, -0.1) is 0 Å². The van der Waals surface area contributed by atoms with Gasteiger partial charge in [-0.05, 0) is 37.0 Å². The fraction of sp³-hybridized carbons (Fsp3) is 0.381. The van der Waals surface area contributed by atoms with Gasteiger partial charge in [0.25, 0.3) is 5.91 Å². The standard InChI is InChI=1S/C21H25FN2O2/c22-19-10-4-5-11-20(19)26-16-21(25)23-14-17-8-2-3-9-18(17)15-24-12-6-1-7-13-24/h2-5,8-11H,1,6-7,12-16H2,(H,23,25)/p+1. The Kier molecular flexibility index (Phi) is 6.61. The van der Waals surface area contributed by atoms with E-state index in [-0.39, 0.29) is 18.3 Å². The van der Waals surface area contributed by atoms with Gasteiger partial charge in [0.15, 0.2) is 18.2 Å². The molecular formula is C21H26FN2O2+. The van der Waals surface area contributed by atoms with E-state index < -0.39 is 5.82 Å². The molecule has 0 atom stereocenters. The molecule has 138 valence electrons. The predicted octanol–water partition coefficient (Wildman–Crippen LogP) is 2.09. The number of rotatable bonds is 7. The molecule has 1 aliphatic rings. The van der Waals surface area contributed by atoms with Gasteiger partial charge in [-0.25, -0.2) is 4.39 Å². The summed E-state index contributed by atoms with van der Waals surface area (Å²) >= 11 is 0. The highest BCUT2D eigenvalue weighted by Crippen LogP contribution is 2.15. The summed E-state index contributed by atoms with van der Waals surface area (Å²) in [7, 11) is 0. The first-order chi connectivity index (χ1) is 12.7. The number of hydrogen-bond acceptors (Lipinski definition) is 2. The monoisotopic (exact) mass is 357 g/mol. The zero-order chi connectivity index (χ0) is 18.2. The maximum atomic E-state index is 13.5. The summed E-state index contributed by atoms with van der Waals surface area (Å²) in [6.45, 7) is 3.70. The number of benzene rings is 2. The minimum absolute atomic E-state index is 0.0942. The third kappa shape index (κ3) is 5.30. The molecule has 26 heavy (non-hydrogen) atoms. The summed E-state index contributed by atoms with van der Waals surface area (Å²) in [4.78, 5) is 13.6. The molecule has 0 saturated carbocycles. The Morgan fingerprint density at radius 1 is 1.00 bits per heavy atom. The number of amides is 1. The van der Waals surface area contributed by atoms with Crippen molar-refractivity contribution in [2.75, 3.05) is 19.7 Å². The molecule has 0 radical (unpaired) electrons. The lowest BCUT2D eigenvalue weighted by atomic mass is 10.0. The topological polar surface area (TPSA) is 42.8 Å². The van der Waals surface area contributed by atoms with Gasteiger partial charge < -0.3 is 15.0 Å². The fourth-order valence-corrected chi connectivity index (χ4v) is 3.35. The van der Waals surface area contributed by atoms with Gasteiger partial charge in [0, 0.05) is 12.1 Å². The van der Waals surface area contributed by atoms with E-state index in [4.69, 9.17) is 4.74 Å². The van der Waals surface area contributed by atoms with E-state index in [9.17, 15) is 9.18 Å². The number of piperidine rings is 1. The molecule has 1 heterocycles. The number of quaternary nitrogens is 1. The van der Waals surface area contributed by atoms with Crippen molar-refractivity contribution in [1.29, 1.82) is 0 Å². The van der Waals surface area contributed by atoms with Crippen LogP contribution < -0.4 is 15.0 Å². The maximum Gasteiger partial charge on any atom is 0.258 e. The molecule has 2 N–H and O–H groups in total. The van der Waals surface area contributed by atoms with Crippen LogP contribution in [0.3, 0.4) is 0 Å². The molecule has 1 amide bonds. The van der Waals surface area contributed by atoms with Crippen molar-refractivity contribution in [3.8, 4) is 5.75 Å². The zero-order valence-electron chi connectivity index (χ0n) is 15.0. The van der Waals surface area contributed by atoms with Crippen LogP contribution in [0.2, 0.25) is 0 Å². The van der Waals surface area contributed by atoms with Gasteiger partial charge in [-0.2, -0.15) is 0 Å². The summed E-state index contributed by atoms with van der Waals surface area (Å²) in [5.74, 6) is -0.625. The second kappa shape index (κ2) is 9.34. The quantitative estimate of drug-likeness (QED) is 0.797. The normalized spacial score (nSPS) is 14.8. The number of likely N-dealkylation sites (tertiary alicyclic amines) is 1. The van der Waals surface area contributed by atoms with Crippen LogP contribution in [0.15, 0.2) is 48.5 Å². The van der Waals surface area contributed by atoms with E-state index in [2.05, 4.69) is 17.4 Å². The van der Waals surface area contributed by atoms with Crippen molar-refractivity contribution >= 4 is 5.91 Å². The Balaban J connectivity index is 1.51. The van der Waals surface area contributed by atoms with Crippen LogP contribution in [0.1, 0.15) is 30.4 Å². The SMILES string of the molecule is O=C(COc1ccccc1F)NCc1ccccc1C[NH+]1CCCCC1. The van der Waals surface area contributed by atoms with Crippen LogP contribution in [0, 0.1) is 5.82 Å². The summed E-state index contributed by atoms with van der Waals surface area (Å²) in [6.07, 6.45) is 3.92. The van der Waals surface area contributed by atoms with Gasteiger partial charge in [0.2, 0.25) is 0 Å². The van der Waals surface area contributed by atoms with E-state index in [1.807, 2.05) is 12.1 Å². The summed E-state index contributed by atoms with van der Waals surface area (Å²) in [5, 5.41) is 2.87. The molecule has 0 aromatic heterocycles. The highest BCUT2D eigenvalue weighted by molar-refractivity contribution is 5.77. The molecule has 0 aliphatic carbocycles. The van der Waals surface area contributed by atoms with Gasteiger partial charge in [-0.1, -0.05) is 36.4 Å². The van der Waals surface area contributed by atoms with Crippen molar-refractivity contribution in [1.82, 2.24) is 5.32 Å². The molecule has 0 unspecified atom stereocenters. The lowest BCUT2D eigenvalue weighted by Gasteiger charge is -2.24. The van der Waals surface area contributed by atoms with Gasteiger partial charge in [-0.3, -0.25) is 4.79 Å². The van der Waals surface area contributed by atoms with Gasteiger partial charge in [0.1, 0.15) is 6.54 Å². The molecular weight excluding hydrogens is 331 g/mol. The summed E-state index contributed by atoms with van der Waals surface area (Å²) in [5.41, 5.74) is 2.41. The van der Waals surface area contributed by atoms with Gasteiger partial charge >= 0.3 is 0 Å². The number of carbonyl (C=O) groups excluding carboxylic acids is 1. The average Bonchev–Trinajstić information content (AvgIpc) is 2.67. The third-order valence-electron chi connectivity index (χ3n) is 4.79. The second-order valence-corrected chi connectivity index (χ2v) is 6.75. The molecule has 0 spiro atoms. The molecule has 2 aromatic rings. The number of ether oxygens (including phenoxy) is 1. The van der Waals surface area contributed by atoms with Crippen LogP contribution in [0.5, 0.6) is 5.75 Å². The first-order valence-corrected chi connectivity index (χ1v) is 9.27. The molecule has 1 aliphatic heterocycles. The number of para-hydroxylation sites is 1. The van der Waals surface area contributed by atoms with E-state index >= 15 is 0 Å². The molecule has 3 rings (SSSR count). The smallest absolute Gasteiger partial charge is 0.258 e. The summed E-state index contributed by atoms with van der Waals surface area (Å²) < 4.78 is 18.8. The Hall–Kier alpha value is -2.40. The van der Waals surface area contributed by atoms with Gasteiger partial charge in [0.05, 0.1) is 13.1 Å². The predicted molar refractivity (Wildman–Crippen MR) is 98.4 cm³/mol. The fourth-order valence-electron chi connectivity index (χ4n) is 3.35. The highest BCUT2D eigenvalue weighted by atomic mass is 19.1. The van der Waals surface area contributed by atoms with Crippen molar-refractivity contribution in [2.24, 2.45) is 0 Å². The zero-order valence-corrected chi connectivity index (χ0v) is 15.0. The lowest BCUT2D eigenvalue weighted by Crippen LogP contribution is -3.11. The van der Waals surface area contributed by atoms with Crippen LogP contribution in [-0.2, 0) is 17.9 Å². The van der Waals surface area contributed by atoms with Crippen LogP contribution in [-0.4, -0.2) is 25.6 Å². The highest BCUT2D eigenvalue weighted by Gasteiger charge is 2.16. The lowest BCUT2D eigenvalue weighted by molar-refractivity contribution is -0.918. The van der Waals surface area contributed by atoms with E-state index in [1.165, 1.54) is 50.0 Å². The van der Waals surface area contributed by atoms with E-state index in [1.54, 1.807) is 17.0 Å². The first kappa shape index (κ1) is 18.4. The molecule has 4 nitrogen and oxygen atoms in total. The number of nitrogens with one attached hydrogen (secondary N) is 2. The maximum absolute atomic E-state index is 13.5. The first-order valence-electron chi connectivity index (χ1n) is 9.27. The third-order valence-corrected chi connectivity index (χ3v) is 4.79. The van der Waals surface area contributed by atoms with E-state index in [0.29, 0.717) is 6.54 Å². The Labute approximate surface area is 154 Å². The minimum atomic E-state index is -0.463. The molecule has 5 heteroatoms.